The lowest BCUT2D eigenvalue weighted by Crippen LogP contribution is -2.50. The van der Waals surface area contributed by atoms with Gasteiger partial charge in [0.05, 0.1) is 13.3 Å². The number of carbonyl (C=O) groups excluding carboxylic acids is 3. The number of alkyl halides is 3. The number of carbonyl (C=O) groups is 4. The molecule has 1 aliphatic rings. The summed E-state index contributed by atoms with van der Waals surface area (Å²) in [5.74, 6) is -4.05. The van der Waals surface area contributed by atoms with Gasteiger partial charge in [-0.15, -0.1) is 0 Å². The second-order valence-corrected chi connectivity index (χ2v) is 7.19. The molecule has 0 spiro atoms. The quantitative estimate of drug-likeness (QED) is 0.187. The van der Waals surface area contributed by atoms with Gasteiger partial charge in [0, 0.05) is 12.8 Å². The summed E-state index contributed by atoms with van der Waals surface area (Å²) in [7, 11) is 0. The molecule has 2 unspecified atom stereocenters. The number of ether oxygens (including phenoxy) is 3. The van der Waals surface area contributed by atoms with E-state index in [0.717, 1.165) is 0 Å². The molecule has 24 heavy (non-hydrogen) atoms. The Kier molecular flexibility index (Phi) is 10.1. The monoisotopic (exact) mass is 680 g/mol. The van der Waals surface area contributed by atoms with Crippen LogP contribution in [-0.4, -0.2) is 60.6 Å². The van der Waals surface area contributed by atoms with Crippen LogP contribution in [-0.2, 0) is 33.4 Å². The molecular weight excluding hydrogens is 665 g/mol. The zero-order valence-corrected chi connectivity index (χ0v) is 18.8. The van der Waals surface area contributed by atoms with E-state index in [1.807, 2.05) is 22.6 Å². The summed E-state index contributed by atoms with van der Waals surface area (Å²) in [6, 6.07) is 0. The Balaban J connectivity index is 3.01. The van der Waals surface area contributed by atoms with Crippen LogP contribution in [0.4, 0.5) is 0 Å². The molecule has 8 nitrogen and oxygen atoms in total. The van der Waals surface area contributed by atoms with E-state index in [2.05, 4.69) is 0 Å². The van der Waals surface area contributed by atoms with Crippen molar-refractivity contribution in [1.29, 1.82) is 0 Å². The molecule has 2 atom stereocenters. The molecule has 1 saturated carbocycles. The Hall–Kier alpha value is 0.0700. The number of esters is 3. The van der Waals surface area contributed by atoms with Crippen LogP contribution in [0.5, 0.6) is 0 Å². The second kappa shape index (κ2) is 10.9. The van der Waals surface area contributed by atoms with Crippen LogP contribution in [0.1, 0.15) is 12.8 Å². The molecule has 136 valence electrons. The molecule has 0 amide bonds. The van der Waals surface area contributed by atoms with Gasteiger partial charge in [-0.1, -0.05) is 67.8 Å². The van der Waals surface area contributed by atoms with E-state index in [0.29, 0.717) is 0 Å². The van der Waals surface area contributed by atoms with E-state index >= 15 is 0 Å². The van der Waals surface area contributed by atoms with Crippen molar-refractivity contribution in [2.24, 2.45) is 5.92 Å². The van der Waals surface area contributed by atoms with Gasteiger partial charge < -0.3 is 19.3 Å². The van der Waals surface area contributed by atoms with E-state index in [1.165, 1.54) is 0 Å². The van der Waals surface area contributed by atoms with Gasteiger partial charge in [0.15, 0.2) is 0 Å². The lowest BCUT2D eigenvalue weighted by atomic mass is 9.82. The summed E-state index contributed by atoms with van der Waals surface area (Å²) in [6.07, 6.45) is -2.63. The van der Waals surface area contributed by atoms with Crippen molar-refractivity contribution in [3.8, 4) is 0 Å². The fourth-order valence-electron chi connectivity index (χ4n) is 2.42. The number of rotatable bonds is 7. The van der Waals surface area contributed by atoms with Crippen LogP contribution in [0, 0.1) is 5.92 Å². The third-order valence-corrected chi connectivity index (χ3v) is 5.14. The minimum absolute atomic E-state index is 0.0526. The second-order valence-electron chi connectivity index (χ2n) is 4.90. The molecule has 1 aliphatic carbocycles. The third-order valence-electron chi connectivity index (χ3n) is 3.27. The normalized spacial score (nSPS) is 26.3. The molecule has 1 fully saturated rings. The van der Waals surface area contributed by atoms with Gasteiger partial charge in [-0.05, 0) is 0 Å². The largest absolute Gasteiger partial charge is 0.481 e. The van der Waals surface area contributed by atoms with Crippen molar-refractivity contribution >= 4 is 91.6 Å². The third kappa shape index (κ3) is 6.76. The molecule has 0 heterocycles. The fraction of sp³-hybridized carbons (Fsp3) is 0.692. The topological polar surface area (TPSA) is 116 Å². The molecule has 0 bridgehead atoms. The van der Waals surface area contributed by atoms with Gasteiger partial charge in [0.1, 0.15) is 24.2 Å². The van der Waals surface area contributed by atoms with Crippen molar-refractivity contribution in [2.75, 3.05) is 13.3 Å². The molecule has 0 aromatic carbocycles. The maximum absolute atomic E-state index is 11.6. The van der Waals surface area contributed by atoms with Crippen LogP contribution in [0.25, 0.3) is 0 Å². The predicted octanol–water partition coefficient (Wildman–Crippen LogP) is 1.52. The molecule has 0 aromatic heterocycles. The van der Waals surface area contributed by atoms with Crippen LogP contribution < -0.4 is 0 Å². The first-order valence-corrected chi connectivity index (χ1v) is 11.4. The summed E-state index contributed by atoms with van der Waals surface area (Å²) in [4.78, 5) is 46.3. The van der Waals surface area contributed by atoms with Gasteiger partial charge in [-0.2, -0.15) is 0 Å². The highest BCUT2D eigenvalue weighted by atomic mass is 127. The highest BCUT2D eigenvalue weighted by Gasteiger charge is 2.47. The summed E-state index contributed by atoms with van der Waals surface area (Å²) in [5, 5.41) is 9.47. The van der Waals surface area contributed by atoms with Gasteiger partial charge in [-0.3, -0.25) is 19.2 Å². The minimum atomic E-state index is -1.23. The first-order valence-electron chi connectivity index (χ1n) is 6.81. The molecular formula is C13H15I3O8. The number of hydrogen-bond acceptors (Lipinski definition) is 7. The standard InChI is InChI=1S/C13H15I3O8/c14-3-9(17)22-6-1-7(23-10(18)4-15)12(13(20)21)8(2-6)24-11(19)5-16/h6-8,12H,1-5H2,(H,20,21). The summed E-state index contributed by atoms with van der Waals surface area (Å²) < 4.78 is 15.9. The Morgan fingerprint density at radius 3 is 1.50 bits per heavy atom. The van der Waals surface area contributed by atoms with E-state index < -0.39 is 48.1 Å². The maximum Gasteiger partial charge on any atom is 0.316 e. The van der Waals surface area contributed by atoms with Gasteiger partial charge in [0.2, 0.25) is 0 Å². The SMILES string of the molecule is O=C(CI)OC1CC(OC(=O)CI)C(C(=O)O)C(OC(=O)CI)C1. The van der Waals surface area contributed by atoms with Crippen molar-refractivity contribution in [3.05, 3.63) is 0 Å². The van der Waals surface area contributed by atoms with Crippen LogP contribution in [0.15, 0.2) is 0 Å². The Morgan fingerprint density at radius 2 is 1.17 bits per heavy atom. The average Bonchev–Trinajstić information content (AvgIpc) is 2.53. The predicted molar refractivity (Wildman–Crippen MR) is 107 cm³/mol. The highest BCUT2D eigenvalue weighted by molar-refractivity contribution is 14.1. The molecule has 1 rings (SSSR count). The molecule has 0 aliphatic heterocycles. The van der Waals surface area contributed by atoms with Gasteiger partial charge in [-0.25, -0.2) is 0 Å². The molecule has 0 aromatic rings. The Morgan fingerprint density at radius 1 is 0.792 bits per heavy atom. The van der Waals surface area contributed by atoms with Crippen molar-refractivity contribution in [1.82, 2.24) is 0 Å². The highest BCUT2D eigenvalue weighted by Crippen LogP contribution is 2.32. The average molecular weight is 680 g/mol. The summed E-state index contributed by atoms with van der Waals surface area (Å²) in [5.41, 5.74) is 0. The van der Waals surface area contributed by atoms with E-state index in [9.17, 15) is 24.3 Å². The Bertz CT molecular complexity index is 470. The maximum atomic E-state index is 11.6. The van der Waals surface area contributed by atoms with Gasteiger partial charge >= 0.3 is 23.9 Å². The molecule has 0 saturated heterocycles. The molecule has 1 N–H and O–H groups in total. The number of carboxylic acids is 1. The van der Waals surface area contributed by atoms with Crippen LogP contribution >= 0.6 is 67.8 Å². The van der Waals surface area contributed by atoms with Crippen molar-refractivity contribution in [2.45, 2.75) is 31.2 Å². The van der Waals surface area contributed by atoms with Crippen LogP contribution in [0.3, 0.4) is 0 Å². The summed E-state index contributed by atoms with van der Waals surface area (Å²) in [6.45, 7) is 0. The zero-order chi connectivity index (χ0) is 18.3. The smallest absolute Gasteiger partial charge is 0.316 e. The number of aliphatic carboxylic acids is 1. The van der Waals surface area contributed by atoms with E-state index in [-0.39, 0.29) is 26.1 Å². The first kappa shape index (κ1) is 22.1. The minimum Gasteiger partial charge on any atom is -0.481 e. The number of carboxylic acid groups (broad SMARTS) is 1. The van der Waals surface area contributed by atoms with E-state index in [1.54, 1.807) is 45.2 Å². The van der Waals surface area contributed by atoms with Crippen LogP contribution in [0.2, 0.25) is 0 Å². The number of hydrogen-bond donors (Lipinski definition) is 1. The first-order chi connectivity index (χ1) is 11.3. The lowest BCUT2D eigenvalue weighted by Gasteiger charge is -2.38. The fourth-order valence-corrected chi connectivity index (χ4v) is 2.96. The van der Waals surface area contributed by atoms with Gasteiger partial charge in [0.25, 0.3) is 0 Å². The number of halogens is 3. The van der Waals surface area contributed by atoms with Crippen molar-refractivity contribution in [3.63, 3.8) is 0 Å². The van der Waals surface area contributed by atoms with Crippen molar-refractivity contribution < 1.29 is 38.5 Å². The summed E-state index contributed by atoms with van der Waals surface area (Å²) >= 11 is 5.45. The molecule has 11 heteroatoms. The Labute approximate surface area is 179 Å². The molecule has 0 radical (unpaired) electrons. The lowest BCUT2D eigenvalue weighted by molar-refractivity contribution is -0.183. The van der Waals surface area contributed by atoms with E-state index in [4.69, 9.17) is 14.2 Å². The zero-order valence-electron chi connectivity index (χ0n) is 12.3.